The number of carbonyl (C=O) groups is 3. The second-order valence-corrected chi connectivity index (χ2v) is 22.4. The Hall–Kier alpha value is -2.89. The molecule has 1 unspecified atom stereocenters. The van der Waals surface area contributed by atoms with Crippen LogP contribution < -0.4 is 0 Å². The van der Waals surface area contributed by atoms with Gasteiger partial charge in [-0.05, 0) is 103 Å². The van der Waals surface area contributed by atoms with Crippen LogP contribution in [0.15, 0.2) is 60.8 Å². The zero-order chi connectivity index (χ0) is 55.0. The fraction of sp³-hybridized carbons (Fsp3) is 0.814. The van der Waals surface area contributed by atoms with Crippen molar-refractivity contribution in [2.75, 3.05) is 13.2 Å². The summed E-state index contributed by atoms with van der Waals surface area (Å²) in [5.74, 6) is -0.875. The van der Waals surface area contributed by atoms with Crippen molar-refractivity contribution in [2.24, 2.45) is 0 Å². The maximum Gasteiger partial charge on any atom is 0.306 e. The molecule has 0 aromatic heterocycles. The molecule has 0 heterocycles. The molecule has 6 nitrogen and oxygen atoms in total. The molecule has 1 atom stereocenters. The molecule has 0 radical (unpaired) electrons. The predicted octanol–water partition coefficient (Wildman–Crippen LogP) is 22.7. The van der Waals surface area contributed by atoms with E-state index in [2.05, 4.69) is 81.5 Å². The number of hydrogen-bond acceptors (Lipinski definition) is 6. The summed E-state index contributed by atoms with van der Waals surface area (Å²) < 4.78 is 16.9. The van der Waals surface area contributed by atoms with Crippen LogP contribution in [-0.4, -0.2) is 37.2 Å². The van der Waals surface area contributed by atoms with Gasteiger partial charge in [0.25, 0.3) is 0 Å². The molecule has 0 amide bonds. The summed E-state index contributed by atoms with van der Waals surface area (Å²) in [7, 11) is 0. The number of unbranched alkanes of at least 4 members (excludes halogenated alkanes) is 40. The van der Waals surface area contributed by atoms with Crippen LogP contribution in [0.4, 0.5) is 0 Å². The zero-order valence-electron chi connectivity index (χ0n) is 50.8. The molecule has 0 saturated carbocycles. The first kappa shape index (κ1) is 73.1. The molecule has 0 aromatic rings. The van der Waals surface area contributed by atoms with E-state index in [9.17, 15) is 14.4 Å². The minimum Gasteiger partial charge on any atom is -0.462 e. The monoisotopic (exact) mass is 1060 g/mol. The van der Waals surface area contributed by atoms with Gasteiger partial charge in [0.15, 0.2) is 6.10 Å². The number of esters is 3. The van der Waals surface area contributed by atoms with Gasteiger partial charge in [-0.15, -0.1) is 0 Å². The predicted molar refractivity (Wildman–Crippen MR) is 330 cm³/mol. The van der Waals surface area contributed by atoms with Gasteiger partial charge in [0, 0.05) is 19.3 Å². The molecule has 0 saturated heterocycles. The quantitative estimate of drug-likeness (QED) is 0.0261. The van der Waals surface area contributed by atoms with E-state index in [-0.39, 0.29) is 31.1 Å². The van der Waals surface area contributed by atoms with Gasteiger partial charge in [0.1, 0.15) is 13.2 Å². The molecule has 0 bridgehead atoms. The standard InChI is InChI=1S/C70H126O6/c1-4-7-10-13-16-19-22-24-26-28-29-30-31-32-33-34-35-36-37-38-39-40-41-43-44-46-48-51-54-57-60-63-69(72)75-66-67(65-74-68(71)62-59-56-53-50-21-18-15-12-9-6-3)76-70(73)64-61-58-55-52-49-47-45-42-27-25-23-20-17-14-11-8-5-2/h12,15,22,24-25,27-29,31-32,67H,4-11,13-14,16-21,23,26,30,33-66H2,1-3H3/b15-12-,24-22-,27-25-,29-28-,32-31-. The summed E-state index contributed by atoms with van der Waals surface area (Å²) >= 11 is 0. The van der Waals surface area contributed by atoms with Crippen molar-refractivity contribution in [1.29, 1.82) is 0 Å². The highest BCUT2D eigenvalue weighted by Crippen LogP contribution is 2.17. The first-order valence-electron chi connectivity index (χ1n) is 33.3. The normalized spacial score (nSPS) is 12.4. The van der Waals surface area contributed by atoms with E-state index in [4.69, 9.17) is 14.2 Å². The van der Waals surface area contributed by atoms with Crippen LogP contribution in [-0.2, 0) is 28.6 Å². The largest absolute Gasteiger partial charge is 0.462 e. The Kier molecular flexibility index (Phi) is 62.2. The van der Waals surface area contributed by atoms with Crippen LogP contribution in [0, 0.1) is 0 Å². The minimum atomic E-state index is -0.778. The summed E-state index contributed by atoms with van der Waals surface area (Å²) in [6, 6.07) is 0. The third-order valence-corrected chi connectivity index (χ3v) is 14.7. The average molecular weight is 1060 g/mol. The smallest absolute Gasteiger partial charge is 0.306 e. The topological polar surface area (TPSA) is 78.9 Å². The van der Waals surface area contributed by atoms with Gasteiger partial charge in [0.2, 0.25) is 0 Å². The minimum absolute atomic E-state index is 0.0758. The van der Waals surface area contributed by atoms with Gasteiger partial charge in [-0.3, -0.25) is 14.4 Å². The number of hydrogen-bond donors (Lipinski definition) is 0. The fourth-order valence-electron chi connectivity index (χ4n) is 9.68. The summed E-state index contributed by atoms with van der Waals surface area (Å²) in [5, 5.41) is 0. The highest BCUT2D eigenvalue weighted by atomic mass is 16.6. The van der Waals surface area contributed by atoms with Gasteiger partial charge in [-0.2, -0.15) is 0 Å². The molecule has 6 heteroatoms. The van der Waals surface area contributed by atoms with E-state index in [1.807, 2.05) is 0 Å². The summed E-state index contributed by atoms with van der Waals surface area (Å²) in [5.41, 5.74) is 0. The van der Waals surface area contributed by atoms with Crippen molar-refractivity contribution in [3.63, 3.8) is 0 Å². The van der Waals surface area contributed by atoms with Crippen LogP contribution >= 0.6 is 0 Å². The number of rotatable bonds is 61. The van der Waals surface area contributed by atoms with Crippen molar-refractivity contribution in [1.82, 2.24) is 0 Å². The second kappa shape index (κ2) is 64.6. The maximum absolute atomic E-state index is 12.9. The summed E-state index contributed by atoms with van der Waals surface area (Å²) in [6.07, 6.45) is 82.5. The first-order chi connectivity index (χ1) is 37.5. The van der Waals surface area contributed by atoms with Gasteiger partial charge in [-0.1, -0.05) is 287 Å². The third kappa shape index (κ3) is 62.0. The van der Waals surface area contributed by atoms with Gasteiger partial charge in [0.05, 0.1) is 0 Å². The third-order valence-electron chi connectivity index (χ3n) is 14.7. The van der Waals surface area contributed by atoms with Gasteiger partial charge >= 0.3 is 17.9 Å². The van der Waals surface area contributed by atoms with E-state index >= 15 is 0 Å². The zero-order valence-corrected chi connectivity index (χ0v) is 50.8. The lowest BCUT2D eigenvalue weighted by Gasteiger charge is -2.18. The lowest BCUT2D eigenvalue weighted by Crippen LogP contribution is -2.30. The van der Waals surface area contributed by atoms with E-state index in [1.54, 1.807) is 0 Å². The van der Waals surface area contributed by atoms with Crippen LogP contribution in [0.3, 0.4) is 0 Å². The molecule has 0 rings (SSSR count). The molecular formula is C70H126O6. The number of allylic oxidation sites excluding steroid dienone is 10. The SMILES string of the molecule is CCC/C=C\CCCCCCCC(=O)OCC(COC(=O)CCCCCCCCCCCCCCCCCC/C=C\C/C=C\C/C=C\CCCCCCC)OC(=O)CCCCCCCCC/C=C\CCCCCCCC. The highest BCUT2D eigenvalue weighted by molar-refractivity contribution is 5.71. The van der Waals surface area contributed by atoms with Crippen molar-refractivity contribution in [3.8, 4) is 0 Å². The molecule has 76 heavy (non-hydrogen) atoms. The van der Waals surface area contributed by atoms with Crippen LogP contribution in [0.25, 0.3) is 0 Å². The van der Waals surface area contributed by atoms with Crippen molar-refractivity contribution < 1.29 is 28.6 Å². The van der Waals surface area contributed by atoms with Crippen molar-refractivity contribution in [3.05, 3.63) is 60.8 Å². The average Bonchev–Trinajstić information content (AvgIpc) is 3.42. The molecule has 0 fully saturated rings. The van der Waals surface area contributed by atoms with Crippen molar-refractivity contribution >= 4 is 17.9 Å². The fourth-order valence-corrected chi connectivity index (χ4v) is 9.68. The van der Waals surface area contributed by atoms with Crippen LogP contribution in [0.1, 0.15) is 348 Å². The number of carbonyl (C=O) groups excluding carboxylic acids is 3. The summed E-state index contributed by atoms with van der Waals surface area (Å²) in [4.78, 5) is 38.2. The Bertz CT molecular complexity index is 1360. The van der Waals surface area contributed by atoms with E-state index in [0.29, 0.717) is 19.3 Å². The maximum atomic E-state index is 12.9. The van der Waals surface area contributed by atoms with Crippen LogP contribution in [0.2, 0.25) is 0 Å². The molecule has 0 aromatic carbocycles. The highest BCUT2D eigenvalue weighted by Gasteiger charge is 2.19. The molecule has 0 aliphatic rings. The Morgan fingerprint density at radius 2 is 0.500 bits per heavy atom. The Balaban J connectivity index is 4.12. The Morgan fingerprint density at radius 3 is 0.803 bits per heavy atom. The first-order valence-corrected chi connectivity index (χ1v) is 33.3. The van der Waals surface area contributed by atoms with Gasteiger partial charge < -0.3 is 14.2 Å². The second-order valence-electron chi connectivity index (χ2n) is 22.4. The molecule has 0 N–H and O–H groups in total. The van der Waals surface area contributed by atoms with Crippen molar-refractivity contribution in [2.45, 2.75) is 354 Å². The summed E-state index contributed by atoms with van der Waals surface area (Å²) in [6.45, 7) is 6.59. The van der Waals surface area contributed by atoms with E-state index in [1.165, 1.54) is 225 Å². The lowest BCUT2D eigenvalue weighted by atomic mass is 10.0. The Morgan fingerprint density at radius 1 is 0.263 bits per heavy atom. The molecule has 0 spiro atoms. The molecular weight excluding hydrogens is 937 g/mol. The molecule has 0 aliphatic carbocycles. The molecule has 0 aliphatic heterocycles. The lowest BCUT2D eigenvalue weighted by molar-refractivity contribution is -0.167. The number of ether oxygens (including phenoxy) is 3. The van der Waals surface area contributed by atoms with Gasteiger partial charge in [-0.25, -0.2) is 0 Å². The van der Waals surface area contributed by atoms with Crippen LogP contribution in [0.5, 0.6) is 0 Å². The molecule has 442 valence electrons. The van der Waals surface area contributed by atoms with E-state index < -0.39 is 6.10 Å². The van der Waals surface area contributed by atoms with E-state index in [0.717, 1.165) is 83.5 Å². The Labute approximate surface area is 472 Å².